The number of hydrogen-bond acceptors (Lipinski definition) is 3. The molecule has 1 rings (SSSR count). The van der Waals surface area contributed by atoms with Gasteiger partial charge in [-0.15, -0.1) is 0 Å². The normalized spacial score (nSPS) is 19.1. The largest absolute Gasteiger partial charge is 0.443 e. The maximum absolute atomic E-state index is 13.0. The minimum Gasteiger partial charge on any atom is -0.443 e. The van der Waals surface area contributed by atoms with E-state index in [0.717, 1.165) is 0 Å². The van der Waals surface area contributed by atoms with Crippen LogP contribution < -0.4 is 0 Å². The zero-order valence-corrected chi connectivity index (χ0v) is 13.7. The Hall–Kier alpha value is -1.91. The van der Waals surface area contributed by atoms with Gasteiger partial charge in [-0.3, -0.25) is 9.69 Å². The number of carbonyl (C=O) groups is 2. The molecule has 0 radical (unpaired) electrons. The molecular formula is C17H24FNO3. The van der Waals surface area contributed by atoms with Gasteiger partial charge < -0.3 is 4.74 Å². The van der Waals surface area contributed by atoms with Crippen molar-refractivity contribution in [2.75, 3.05) is 6.54 Å². The van der Waals surface area contributed by atoms with Crippen LogP contribution in [0.2, 0.25) is 0 Å². The van der Waals surface area contributed by atoms with Crippen LogP contribution in [0.1, 0.15) is 47.0 Å². The summed E-state index contributed by atoms with van der Waals surface area (Å²) in [5.74, 6) is -0.422. The first-order valence-electron chi connectivity index (χ1n) is 7.47. The van der Waals surface area contributed by atoms with Crippen LogP contribution in [0.25, 0.3) is 0 Å². The molecule has 0 spiro atoms. The number of halogens is 1. The zero-order chi connectivity index (χ0) is 16.8. The number of Topliss-reactive ketones (excluding diaryl/α,β-unsaturated/α-hetero) is 1. The lowest BCUT2D eigenvalue weighted by Crippen LogP contribution is -2.41. The summed E-state index contributed by atoms with van der Waals surface area (Å²) in [5.41, 5.74) is -0.275. The van der Waals surface area contributed by atoms with Crippen molar-refractivity contribution in [2.45, 2.75) is 52.6 Å². The van der Waals surface area contributed by atoms with E-state index < -0.39 is 11.7 Å². The number of ketones is 1. The molecule has 0 unspecified atom stereocenters. The van der Waals surface area contributed by atoms with Crippen molar-refractivity contribution in [3.8, 4) is 0 Å². The smallest absolute Gasteiger partial charge is 0.414 e. The molecule has 1 saturated heterocycles. The van der Waals surface area contributed by atoms with Gasteiger partial charge >= 0.3 is 6.09 Å². The lowest BCUT2D eigenvalue weighted by molar-refractivity contribution is -0.118. The Labute approximate surface area is 131 Å². The quantitative estimate of drug-likeness (QED) is 0.577. The monoisotopic (exact) mass is 309 g/mol. The second-order valence-corrected chi connectivity index (χ2v) is 6.06. The zero-order valence-electron chi connectivity index (χ0n) is 13.7. The van der Waals surface area contributed by atoms with E-state index in [-0.39, 0.29) is 11.6 Å². The second-order valence-electron chi connectivity index (χ2n) is 6.06. The van der Waals surface area contributed by atoms with Crippen molar-refractivity contribution in [1.82, 2.24) is 4.90 Å². The van der Waals surface area contributed by atoms with E-state index in [1.165, 1.54) is 17.1 Å². The summed E-state index contributed by atoms with van der Waals surface area (Å²) < 4.78 is 18.3. The van der Waals surface area contributed by atoms with Crippen LogP contribution in [-0.4, -0.2) is 28.9 Å². The summed E-state index contributed by atoms with van der Waals surface area (Å²) in [5, 5.41) is 0. The van der Waals surface area contributed by atoms with Crippen LogP contribution in [0.5, 0.6) is 0 Å². The number of piperidine rings is 1. The van der Waals surface area contributed by atoms with Gasteiger partial charge in [-0.2, -0.15) is 0 Å². The molecule has 0 aromatic heterocycles. The molecule has 122 valence electrons. The fourth-order valence-corrected chi connectivity index (χ4v) is 1.98. The second kappa shape index (κ2) is 7.92. The number of rotatable bonds is 3. The molecule has 5 heteroatoms. The minimum atomic E-state index is -0.613. The number of nitrogens with zero attached hydrogens (tertiary/aromatic N) is 1. The molecule has 1 aliphatic heterocycles. The summed E-state index contributed by atoms with van der Waals surface area (Å²) in [6, 6.07) is 0. The highest BCUT2D eigenvalue weighted by Gasteiger charge is 2.30. The van der Waals surface area contributed by atoms with Crippen molar-refractivity contribution < 1.29 is 18.7 Å². The standard InChI is InChI=1S/C17H24FNO3/c1-5-13(18)9-6-7-10-14-15(20)11-8-12-19(14)16(21)22-17(2,3)4/h5-6,9-10H,7-8,11-12H2,1-4H3/b9-6-,13-5+,14-10-. The molecule has 22 heavy (non-hydrogen) atoms. The molecule has 0 saturated carbocycles. The van der Waals surface area contributed by atoms with Crippen molar-refractivity contribution in [3.05, 3.63) is 35.8 Å². The first kappa shape index (κ1) is 18.1. The number of allylic oxidation sites excluding steroid dienone is 6. The average Bonchev–Trinajstić information content (AvgIpc) is 2.42. The van der Waals surface area contributed by atoms with E-state index >= 15 is 0 Å². The maximum Gasteiger partial charge on any atom is 0.414 e. The Kier molecular flexibility index (Phi) is 6.53. The van der Waals surface area contributed by atoms with Gasteiger partial charge in [-0.05, 0) is 46.6 Å². The highest BCUT2D eigenvalue weighted by molar-refractivity contribution is 5.98. The molecule has 1 amide bonds. The third kappa shape index (κ3) is 5.84. The minimum absolute atomic E-state index is 0.0861. The Morgan fingerprint density at radius 2 is 2.09 bits per heavy atom. The molecule has 0 aromatic carbocycles. The fourth-order valence-electron chi connectivity index (χ4n) is 1.98. The van der Waals surface area contributed by atoms with E-state index in [1.807, 2.05) is 0 Å². The lowest BCUT2D eigenvalue weighted by atomic mass is 10.1. The summed E-state index contributed by atoms with van der Waals surface area (Å²) >= 11 is 0. The van der Waals surface area contributed by atoms with Crippen LogP contribution >= 0.6 is 0 Å². The van der Waals surface area contributed by atoms with Crippen LogP contribution in [0.4, 0.5) is 9.18 Å². The number of likely N-dealkylation sites (tertiary alicyclic amines) is 1. The summed E-state index contributed by atoms with van der Waals surface area (Å²) in [4.78, 5) is 25.6. The van der Waals surface area contributed by atoms with E-state index in [4.69, 9.17) is 4.74 Å². The van der Waals surface area contributed by atoms with Crippen molar-refractivity contribution >= 4 is 11.9 Å². The third-order valence-electron chi connectivity index (χ3n) is 2.98. The van der Waals surface area contributed by atoms with Gasteiger partial charge in [0.1, 0.15) is 11.4 Å². The molecule has 0 aliphatic carbocycles. The Balaban J connectivity index is 2.83. The number of amides is 1. The van der Waals surface area contributed by atoms with Crippen LogP contribution in [-0.2, 0) is 9.53 Å². The average molecular weight is 309 g/mol. The number of ether oxygens (including phenoxy) is 1. The third-order valence-corrected chi connectivity index (χ3v) is 2.98. The van der Waals surface area contributed by atoms with Crippen molar-refractivity contribution in [1.29, 1.82) is 0 Å². The van der Waals surface area contributed by atoms with Crippen molar-refractivity contribution in [3.63, 3.8) is 0 Å². The van der Waals surface area contributed by atoms with Crippen LogP contribution in [0.15, 0.2) is 35.8 Å². The molecular weight excluding hydrogens is 285 g/mol. The molecule has 1 aliphatic rings. The maximum atomic E-state index is 13.0. The van der Waals surface area contributed by atoms with Gasteiger partial charge in [-0.25, -0.2) is 9.18 Å². The molecule has 1 heterocycles. The predicted molar refractivity (Wildman–Crippen MR) is 83.9 cm³/mol. The Bertz CT molecular complexity index is 512. The summed E-state index contributed by atoms with van der Waals surface area (Å²) in [6.07, 6.45) is 6.83. The molecule has 0 bridgehead atoms. The number of carbonyl (C=O) groups excluding carboxylic acids is 2. The molecule has 0 atom stereocenters. The van der Waals surface area contributed by atoms with E-state index in [0.29, 0.717) is 31.5 Å². The van der Waals surface area contributed by atoms with Gasteiger partial charge in [0, 0.05) is 13.0 Å². The Morgan fingerprint density at radius 1 is 1.41 bits per heavy atom. The van der Waals surface area contributed by atoms with E-state index in [9.17, 15) is 14.0 Å². The summed E-state index contributed by atoms with van der Waals surface area (Å²) in [6.45, 7) is 7.40. The highest BCUT2D eigenvalue weighted by Crippen LogP contribution is 2.21. The van der Waals surface area contributed by atoms with Gasteiger partial charge in [0.15, 0.2) is 5.78 Å². The van der Waals surface area contributed by atoms with Crippen LogP contribution in [0, 0.1) is 0 Å². The first-order chi connectivity index (χ1) is 10.2. The van der Waals surface area contributed by atoms with Gasteiger partial charge in [0.2, 0.25) is 0 Å². The number of hydrogen-bond donors (Lipinski definition) is 0. The molecule has 1 fully saturated rings. The fraction of sp³-hybridized carbons (Fsp3) is 0.529. The van der Waals surface area contributed by atoms with Crippen molar-refractivity contribution in [2.24, 2.45) is 0 Å². The predicted octanol–water partition coefficient (Wildman–Crippen LogP) is 4.29. The van der Waals surface area contributed by atoms with Crippen LogP contribution in [0.3, 0.4) is 0 Å². The first-order valence-corrected chi connectivity index (χ1v) is 7.47. The lowest BCUT2D eigenvalue weighted by Gasteiger charge is -2.31. The highest BCUT2D eigenvalue weighted by atomic mass is 19.1. The Morgan fingerprint density at radius 3 is 2.68 bits per heavy atom. The van der Waals surface area contributed by atoms with Gasteiger partial charge in [-0.1, -0.05) is 18.2 Å². The van der Waals surface area contributed by atoms with E-state index in [1.54, 1.807) is 39.8 Å². The SMILES string of the molecule is C/C=C(F)\C=C/C/C=C1/C(=O)CCCN1C(=O)OC(C)(C)C. The van der Waals surface area contributed by atoms with Gasteiger partial charge in [0.25, 0.3) is 0 Å². The van der Waals surface area contributed by atoms with E-state index in [2.05, 4.69) is 0 Å². The summed E-state index contributed by atoms with van der Waals surface area (Å²) in [7, 11) is 0. The molecule has 4 nitrogen and oxygen atoms in total. The molecule has 0 aromatic rings. The topological polar surface area (TPSA) is 46.6 Å². The van der Waals surface area contributed by atoms with Gasteiger partial charge in [0.05, 0.1) is 5.70 Å². The molecule has 0 N–H and O–H groups in total.